The highest BCUT2D eigenvalue weighted by Crippen LogP contribution is 2.28. The van der Waals surface area contributed by atoms with E-state index in [1.54, 1.807) is 6.20 Å². The first-order valence-corrected chi connectivity index (χ1v) is 8.04. The van der Waals surface area contributed by atoms with Crippen LogP contribution in [0.4, 0.5) is 5.82 Å². The molecule has 7 nitrogen and oxygen atoms in total. The van der Waals surface area contributed by atoms with E-state index in [4.69, 9.17) is 4.74 Å². The lowest BCUT2D eigenvalue weighted by Crippen LogP contribution is -2.37. The van der Waals surface area contributed by atoms with Gasteiger partial charge in [-0.2, -0.15) is 0 Å². The van der Waals surface area contributed by atoms with Crippen LogP contribution in [0.25, 0.3) is 0 Å². The van der Waals surface area contributed by atoms with Crippen LogP contribution in [0.3, 0.4) is 0 Å². The Kier molecular flexibility index (Phi) is 5.07. The summed E-state index contributed by atoms with van der Waals surface area (Å²) in [5.41, 5.74) is 0.934. The molecule has 1 aliphatic heterocycles. The van der Waals surface area contributed by atoms with Crippen molar-refractivity contribution in [3.05, 3.63) is 23.9 Å². The predicted molar refractivity (Wildman–Crippen MR) is 84.8 cm³/mol. The SMILES string of the molecule is O=C(CNC(=O)C1CC1)NCc1ccc(N2CCOCC2)nc1. The van der Waals surface area contributed by atoms with Gasteiger partial charge in [0.25, 0.3) is 0 Å². The fourth-order valence-electron chi connectivity index (χ4n) is 2.42. The molecule has 7 heteroatoms. The van der Waals surface area contributed by atoms with Gasteiger partial charge in [-0.15, -0.1) is 0 Å². The summed E-state index contributed by atoms with van der Waals surface area (Å²) < 4.78 is 5.32. The van der Waals surface area contributed by atoms with Gasteiger partial charge in [-0.25, -0.2) is 4.98 Å². The fraction of sp³-hybridized carbons (Fsp3) is 0.562. The lowest BCUT2D eigenvalue weighted by Gasteiger charge is -2.27. The van der Waals surface area contributed by atoms with E-state index in [0.717, 1.165) is 50.5 Å². The van der Waals surface area contributed by atoms with E-state index in [1.165, 1.54) is 0 Å². The van der Waals surface area contributed by atoms with E-state index >= 15 is 0 Å². The van der Waals surface area contributed by atoms with Crippen molar-refractivity contribution < 1.29 is 14.3 Å². The molecule has 0 radical (unpaired) electrons. The van der Waals surface area contributed by atoms with Gasteiger partial charge in [0.1, 0.15) is 5.82 Å². The topological polar surface area (TPSA) is 83.6 Å². The molecule has 124 valence electrons. The first-order chi connectivity index (χ1) is 11.2. The number of nitrogens with zero attached hydrogens (tertiary/aromatic N) is 2. The van der Waals surface area contributed by atoms with Crippen LogP contribution < -0.4 is 15.5 Å². The zero-order valence-corrected chi connectivity index (χ0v) is 13.1. The first kappa shape index (κ1) is 15.7. The van der Waals surface area contributed by atoms with Gasteiger partial charge in [0.05, 0.1) is 19.8 Å². The van der Waals surface area contributed by atoms with Gasteiger partial charge in [-0.05, 0) is 24.5 Å². The predicted octanol–water partition coefficient (Wildman–Crippen LogP) is 0.0606. The average Bonchev–Trinajstić information content (AvgIpc) is 3.44. The van der Waals surface area contributed by atoms with Gasteiger partial charge in [-0.3, -0.25) is 9.59 Å². The number of carbonyl (C=O) groups excluding carboxylic acids is 2. The molecule has 0 aromatic carbocycles. The number of hydrogen-bond acceptors (Lipinski definition) is 5. The number of amides is 2. The van der Waals surface area contributed by atoms with Crippen LogP contribution in [0.15, 0.2) is 18.3 Å². The number of pyridine rings is 1. The molecule has 0 spiro atoms. The van der Waals surface area contributed by atoms with Crippen LogP contribution >= 0.6 is 0 Å². The van der Waals surface area contributed by atoms with E-state index < -0.39 is 0 Å². The van der Waals surface area contributed by atoms with Gasteiger partial charge < -0.3 is 20.3 Å². The normalized spacial score (nSPS) is 17.7. The highest BCUT2D eigenvalue weighted by atomic mass is 16.5. The second-order valence-electron chi connectivity index (χ2n) is 5.89. The minimum Gasteiger partial charge on any atom is -0.378 e. The molecule has 3 rings (SSSR count). The third-order valence-corrected chi connectivity index (χ3v) is 4.01. The summed E-state index contributed by atoms with van der Waals surface area (Å²) in [6.45, 7) is 3.61. The van der Waals surface area contributed by atoms with Gasteiger partial charge in [-0.1, -0.05) is 6.07 Å². The number of anilines is 1. The van der Waals surface area contributed by atoms with Crippen LogP contribution in [0.1, 0.15) is 18.4 Å². The van der Waals surface area contributed by atoms with Crippen molar-refractivity contribution in [1.82, 2.24) is 15.6 Å². The standard InChI is InChI=1S/C16H22N4O3/c21-15(11-19-16(22)13-2-3-13)18-10-12-1-4-14(17-9-12)20-5-7-23-8-6-20/h1,4,9,13H,2-3,5-8,10-11H2,(H,18,21)(H,19,22). The number of hydrogen-bond donors (Lipinski definition) is 2. The maximum absolute atomic E-state index is 11.7. The Morgan fingerprint density at radius 3 is 2.65 bits per heavy atom. The van der Waals surface area contributed by atoms with Crippen LogP contribution in [0.5, 0.6) is 0 Å². The van der Waals surface area contributed by atoms with Crippen LogP contribution in [0, 0.1) is 5.92 Å². The molecule has 2 N–H and O–H groups in total. The molecule has 1 aromatic heterocycles. The minimum atomic E-state index is -0.184. The molecule has 1 aromatic rings. The third kappa shape index (κ3) is 4.66. The van der Waals surface area contributed by atoms with E-state index in [1.807, 2.05) is 12.1 Å². The maximum atomic E-state index is 11.7. The summed E-state index contributed by atoms with van der Waals surface area (Å²) in [6, 6.07) is 3.92. The highest BCUT2D eigenvalue weighted by Gasteiger charge is 2.29. The Labute approximate surface area is 135 Å². The minimum absolute atomic E-state index is 0.0170. The summed E-state index contributed by atoms with van der Waals surface area (Å²) in [5, 5.41) is 5.43. The Bertz CT molecular complexity index is 551. The third-order valence-electron chi connectivity index (χ3n) is 4.01. The molecule has 1 saturated heterocycles. The fourth-order valence-corrected chi connectivity index (χ4v) is 2.42. The van der Waals surface area contributed by atoms with Crippen molar-refractivity contribution in [2.75, 3.05) is 37.7 Å². The molecule has 0 unspecified atom stereocenters. The molecule has 2 fully saturated rings. The molecule has 2 heterocycles. The zero-order valence-electron chi connectivity index (χ0n) is 13.1. The lowest BCUT2D eigenvalue weighted by atomic mass is 10.2. The number of nitrogens with one attached hydrogen (secondary N) is 2. The number of rotatable bonds is 6. The molecule has 0 atom stereocenters. The Balaban J connectivity index is 1.40. The molecule has 23 heavy (non-hydrogen) atoms. The molecule has 0 bridgehead atoms. The first-order valence-electron chi connectivity index (χ1n) is 8.04. The quantitative estimate of drug-likeness (QED) is 0.775. The second-order valence-corrected chi connectivity index (χ2v) is 5.89. The van der Waals surface area contributed by atoms with Crippen LogP contribution in [0.2, 0.25) is 0 Å². The monoisotopic (exact) mass is 318 g/mol. The number of morpholine rings is 1. The lowest BCUT2D eigenvalue weighted by molar-refractivity contribution is -0.126. The van der Waals surface area contributed by atoms with Gasteiger partial charge in [0.2, 0.25) is 11.8 Å². The number of carbonyl (C=O) groups is 2. The summed E-state index contributed by atoms with van der Waals surface area (Å²) in [6.07, 6.45) is 3.65. The van der Waals surface area contributed by atoms with E-state index in [2.05, 4.69) is 20.5 Å². The molecule has 1 aliphatic carbocycles. The van der Waals surface area contributed by atoms with Crippen molar-refractivity contribution in [2.24, 2.45) is 5.92 Å². The molecular weight excluding hydrogens is 296 g/mol. The Hall–Kier alpha value is -2.15. The summed E-state index contributed by atoms with van der Waals surface area (Å²) >= 11 is 0. The maximum Gasteiger partial charge on any atom is 0.239 e. The van der Waals surface area contributed by atoms with E-state index in [0.29, 0.717) is 6.54 Å². The summed E-state index contributed by atoms with van der Waals surface area (Å²) in [5.74, 6) is 0.854. The molecule has 2 aliphatic rings. The van der Waals surface area contributed by atoms with E-state index in [-0.39, 0.29) is 24.3 Å². The number of ether oxygens (including phenoxy) is 1. The average molecular weight is 318 g/mol. The smallest absolute Gasteiger partial charge is 0.239 e. The molecule has 2 amide bonds. The van der Waals surface area contributed by atoms with Crippen molar-refractivity contribution in [3.8, 4) is 0 Å². The summed E-state index contributed by atoms with van der Waals surface area (Å²) in [7, 11) is 0. The molecule has 1 saturated carbocycles. The largest absolute Gasteiger partial charge is 0.378 e. The van der Waals surface area contributed by atoms with Crippen LogP contribution in [-0.4, -0.2) is 49.6 Å². The Morgan fingerprint density at radius 1 is 1.22 bits per heavy atom. The zero-order chi connectivity index (χ0) is 16.1. The number of aromatic nitrogens is 1. The van der Waals surface area contributed by atoms with Crippen molar-refractivity contribution in [1.29, 1.82) is 0 Å². The van der Waals surface area contributed by atoms with Gasteiger partial charge >= 0.3 is 0 Å². The second kappa shape index (κ2) is 7.41. The van der Waals surface area contributed by atoms with Crippen LogP contribution in [-0.2, 0) is 20.9 Å². The highest BCUT2D eigenvalue weighted by molar-refractivity contribution is 5.86. The van der Waals surface area contributed by atoms with Crippen molar-refractivity contribution in [3.63, 3.8) is 0 Å². The molecular formula is C16H22N4O3. The Morgan fingerprint density at radius 2 is 2.00 bits per heavy atom. The van der Waals surface area contributed by atoms with Gasteiger partial charge in [0.15, 0.2) is 0 Å². The van der Waals surface area contributed by atoms with E-state index in [9.17, 15) is 9.59 Å². The summed E-state index contributed by atoms with van der Waals surface area (Å²) in [4.78, 5) is 29.8. The van der Waals surface area contributed by atoms with Crippen molar-refractivity contribution >= 4 is 17.6 Å². The van der Waals surface area contributed by atoms with Gasteiger partial charge in [0, 0.05) is 31.7 Å². The van der Waals surface area contributed by atoms with Crippen molar-refractivity contribution in [2.45, 2.75) is 19.4 Å².